The maximum absolute atomic E-state index is 4.31. The summed E-state index contributed by atoms with van der Waals surface area (Å²) < 4.78 is 0. The number of guanidine groups is 1. The van der Waals surface area contributed by atoms with E-state index >= 15 is 0 Å². The molecular weight excluding hydrogens is 314 g/mol. The molecule has 0 amide bonds. The molecule has 0 atom stereocenters. The Kier molecular flexibility index (Phi) is 5.71. The lowest BCUT2D eigenvalue weighted by molar-refractivity contribution is 0.784. The van der Waals surface area contributed by atoms with Crippen LogP contribution in [-0.2, 0) is 13.0 Å². The second-order valence-electron chi connectivity index (χ2n) is 5.46. The summed E-state index contributed by atoms with van der Waals surface area (Å²) in [7, 11) is 1.76. The highest BCUT2D eigenvalue weighted by Crippen LogP contribution is 2.15. The van der Waals surface area contributed by atoms with E-state index in [1.54, 1.807) is 7.05 Å². The molecule has 2 heterocycles. The third-order valence-electron chi connectivity index (χ3n) is 3.70. The third-order valence-corrected chi connectivity index (χ3v) is 3.70. The van der Waals surface area contributed by atoms with Gasteiger partial charge < -0.3 is 10.6 Å². The van der Waals surface area contributed by atoms with Gasteiger partial charge in [0, 0.05) is 44.0 Å². The highest BCUT2D eigenvalue weighted by Gasteiger charge is 2.03. The third kappa shape index (κ3) is 4.87. The Morgan fingerprint density at radius 1 is 1.12 bits per heavy atom. The first-order valence-corrected chi connectivity index (χ1v) is 8.14. The van der Waals surface area contributed by atoms with Crippen molar-refractivity contribution in [3.63, 3.8) is 0 Å². The molecule has 0 bridgehead atoms. The first-order chi connectivity index (χ1) is 12.3. The first kappa shape index (κ1) is 16.6. The topological polar surface area (TPSA) is 90.9 Å². The minimum absolute atomic E-state index is 0.672. The van der Waals surface area contributed by atoms with Crippen molar-refractivity contribution < 1.29 is 0 Å². The Morgan fingerprint density at radius 3 is 2.84 bits per heavy atom. The number of H-pyrrole nitrogens is 1. The average molecular weight is 335 g/mol. The van der Waals surface area contributed by atoms with Gasteiger partial charge in [-0.15, -0.1) is 0 Å². The van der Waals surface area contributed by atoms with E-state index < -0.39 is 0 Å². The van der Waals surface area contributed by atoms with Gasteiger partial charge in [-0.2, -0.15) is 5.10 Å². The lowest BCUT2D eigenvalue weighted by Crippen LogP contribution is -2.37. The van der Waals surface area contributed by atoms with Crippen molar-refractivity contribution in [1.82, 2.24) is 30.8 Å². The van der Waals surface area contributed by atoms with E-state index in [-0.39, 0.29) is 0 Å². The predicted octanol–water partition coefficient (Wildman–Crippen LogP) is 1.77. The van der Waals surface area contributed by atoms with E-state index in [0.29, 0.717) is 6.54 Å². The quantitative estimate of drug-likeness (QED) is 0.472. The molecular formula is C18H21N7. The Labute approximate surface area is 146 Å². The van der Waals surface area contributed by atoms with Gasteiger partial charge in [-0.05, 0) is 23.8 Å². The predicted molar refractivity (Wildman–Crippen MR) is 98.0 cm³/mol. The average Bonchev–Trinajstić information content (AvgIpc) is 3.20. The number of nitrogens with one attached hydrogen (secondary N) is 3. The monoisotopic (exact) mass is 335 g/mol. The van der Waals surface area contributed by atoms with Crippen LogP contribution in [0.1, 0.15) is 11.3 Å². The summed E-state index contributed by atoms with van der Waals surface area (Å²) in [6, 6.07) is 14.1. The number of hydrogen-bond acceptors (Lipinski definition) is 4. The molecule has 0 saturated heterocycles. The molecule has 128 valence electrons. The largest absolute Gasteiger partial charge is 0.356 e. The van der Waals surface area contributed by atoms with Crippen molar-refractivity contribution in [2.45, 2.75) is 13.0 Å². The smallest absolute Gasteiger partial charge is 0.191 e. The molecule has 0 aliphatic carbocycles. The van der Waals surface area contributed by atoms with Crippen LogP contribution in [0.4, 0.5) is 0 Å². The fourth-order valence-electron chi connectivity index (χ4n) is 2.43. The van der Waals surface area contributed by atoms with Gasteiger partial charge >= 0.3 is 0 Å². The van der Waals surface area contributed by atoms with E-state index in [9.17, 15) is 0 Å². The molecule has 0 fully saturated rings. The Hall–Kier alpha value is -3.22. The van der Waals surface area contributed by atoms with Crippen LogP contribution in [0, 0.1) is 0 Å². The van der Waals surface area contributed by atoms with Gasteiger partial charge in [0.25, 0.3) is 0 Å². The van der Waals surface area contributed by atoms with Gasteiger partial charge in [0.1, 0.15) is 6.33 Å². The zero-order valence-electron chi connectivity index (χ0n) is 14.1. The molecule has 0 aliphatic heterocycles. The van der Waals surface area contributed by atoms with E-state index in [2.05, 4.69) is 47.9 Å². The number of benzene rings is 1. The van der Waals surface area contributed by atoms with Crippen LogP contribution < -0.4 is 10.6 Å². The van der Waals surface area contributed by atoms with Gasteiger partial charge in [0.2, 0.25) is 0 Å². The molecule has 0 radical (unpaired) electrons. The van der Waals surface area contributed by atoms with Gasteiger partial charge in [-0.1, -0.05) is 24.3 Å². The van der Waals surface area contributed by atoms with E-state index in [0.717, 1.165) is 41.6 Å². The molecule has 25 heavy (non-hydrogen) atoms. The van der Waals surface area contributed by atoms with Crippen LogP contribution in [0.5, 0.6) is 0 Å². The number of nitrogens with zero attached hydrogens (tertiary/aromatic N) is 4. The van der Waals surface area contributed by atoms with Crippen molar-refractivity contribution in [2.24, 2.45) is 4.99 Å². The first-order valence-electron chi connectivity index (χ1n) is 8.14. The summed E-state index contributed by atoms with van der Waals surface area (Å²) in [5.41, 5.74) is 3.21. The molecule has 0 unspecified atom stereocenters. The maximum Gasteiger partial charge on any atom is 0.191 e. The van der Waals surface area contributed by atoms with Crippen molar-refractivity contribution in [2.75, 3.05) is 13.6 Å². The molecule has 1 aromatic carbocycles. The standard InChI is InChI=1S/C18H21N7/c1-19-18(21-10-8-16-7-2-3-9-20-16)22-12-14-5-4-6-15(11-14)17-23-13-24-25-17/h2-7,9,11,13H,8,10,12H2,1H3,(H2,19,21,22)(H,23,24,25). The van der Waals surface area contributed by atoms with Gasteiger partial charge in [-0.25, -0.2) is 4.98 Å². The number of aliphatic imine (C=N–C) groups is 1. The molecule has 2 aromatic heterocycles. The Balaban J connectivity index is 1.50. The summed E-state index contributed by atoms with van der Waals surface area (Å²) in [4.78, 5) is 12.7. The van der Waals surface area contributed by atoms with Crippen LogP contribution in [0.3, 0.4) is 0 Å². The van der Waals surface area contributed by atoms with Crippen molar-refractivity contribution in [3.05, 3.63) is 66.2 Å². The molecule has 0 aliphatic rings. The van der Waals surface area contributed by atoms with E-state index in [1.807, 2.05) is 36.5 Å². The summed E-state index contributed by atoms with van der Waals surface area (Å²) in [6.07, 6.45) is 4.17. The highest BCUT2D eigenvalue weighted by atomic mass is 15.2. The second-order valence-corrected chi connectivity index (χ2v) is 5.46. The van der Waals surface area contributed by atoms with E-state index in [4.69, 9.17) is 0 Å². The van der Waals surface area contributed by atoms with Crippen LogP contribution in [0.25, 0.3) is 11.4 Å². The summed E-state index contributed by atoms with van der Waals surface area (Å²) in [5, 5.41) is 13.4. The van der Waals surface area contributed by atoms with Crippen molar-refractivity contribution >= 4 is 5.96 Å². The molecule has 3 aromatic rings. The van der Waals surface area contributed by atoms with Gasteiger partial charge in [0.05, 0.1) is 0 Å². The molecule has 7 heteroatoms. The van der Waals surface area contributed by atoms with Gasteiger partial charge in [0.15, 0.2) is 11.8 Å². The summed E-state index contributed by atoms with van der Waals surface area (Å²) in [5.74, 6) is 1.53. The second kappa shape index (κ2) is 8.58. The van der Waals surface area contributed by atoms with Crippen molar-refractivity contribution in [3.8, 4) is 11.4 Å². The summed E-state index contributed by atoms with van der Waals surface area (Å²) >= 11 is 0. The fraction of sp³-hybridized carbons (Fsp3) is 0.222. The van der Waals surface area contributed by atoms with Crippen LogP contribution in [-0.4, -0.2) is 39.7 Å². The maximum atomic E-state index is 4.31. The van der Waals surface area contributed by atoms with E-state index in [1.165, 1.54) is 6.33 Å². The normalized spacial score (nSPS) is 11.3. The molecule has 0 spiro atoms. The highest BCUT2D eigenvalue weighted by molar-refractivity contribution is 5.79. The molecule has 7 nitrogen and oxygen atoms in total. The molecule has 3 N–H and O–H groups in total. The van der Waals surface area contributed by atoms with Crippen LogP contribution in [0.2, 0.25) is 0 Å². The van der Waals surface area contributed by atoms with Crippen LogP contribution in [0.15, 0.2) is 60.0 Å². The van der Waals surface area contributed by atoms with Gasteiger partial charge in [-0.3, -0.25) is 15.1 Å². The minimum atomic E-state index is 0.672. The number of aromatic nitrogens is 4. The Bertz CT molecular complexity index is 797. The molecule has 0 saturated carbocycles. The zero-order chi connectivity index (χ0) is 17.3. The fourth-order valence-corrected chi connectivity index (χ4v) is 2.43. The minimum Gasteiger partial charge on any atom is -0.356 e. The SMILES string of the molecule is CN=C(NCCc1ccccn1)NCc1cccc(-c2ncn[nH]2)c1. The zero-order valence-corrected chi connectivity index (χ0v) is 14.1. The number of pyridine rings is 1. The number of rotatable bonds is 6. The van der Waals surface area contributed by atoms with Crippen LogP contribution >= 0.6 is 0 Å². The lowest BCUT2D eigenvalue weighted by atomic mass is 10.1. The Morgan fingerprint density at radius 2 is 2.08 bits per heavy atom. The number of hydrogen-bond donors (Lipinski definition) is 3. The molecule has 3 rings (SSSR count). The lowest BCUT2D eigenvalue weighted by Gasteiger charge is -2.12. The van der Waals surface area contributed by atoms with Crippen molar-refractivity contribution in [1.29, 1.82) is 0 Å². The number of aromatic amines is 1. The summed E-state index contributed by atoms with van der Waals surface area (Å²) in [6.45, 7) is 1.44.